The molecule has 0 radical (unpaired) electrons. The fraction of sp³-hybridized carbons (Fsp3) is 0.400. The van der Waals surface area contributed by atoms with Gasteiger partial charge in [0.25, 0.3) is 0 Å². The van der Waals surface area contributed by atoms with Crippen LogP contribution in [0.3, 0.4) is 0 Å². The molecule has 1 aliphatic heterocycles. The van der Waals surface area contributed by atoms with E-state index >= 15 is 0 Å². The Labute approximate surface area is 88.9 Å². The lowest BCUT2D eigenvalue weighted by Gasteiger charge is -2.39. The maximum atomic E-state index is 12.9. The Kier molecular flexibility index (Phi) is 2.43. The molecular formula is C10H9F4NO. The summed E-state index contributed by atoms with van der Waals surface area (Å²) in [5.41, 5.74) is -3.01. The van der Waals surface area contributed by atoms with Crippen LogP contribution in [-0.2, 0) is 11.8 Å². The van der Waals surface area contributed by atoms with Crippen molar-refractivity contribution in [2.24, 2.45) is 0 Å². The van der Waals surface area contributed by atoms with E-state index in [1.807, 2.05) is 0 Å². The Bertz CT molecular complexity index is 412. The first-order valence-corrected chi connectivity index (χ1v) is 4.63. The van der Waals surface area contributed by atoms with Crippen LogP contribution < -0.4 is 5.32 Å². The summed E-state index contributed by atoms with van der Waals surface area (Å²) in [6, 6.07) is 2.13. The van der Waals surface area contributed by atoms with Gasteiger partial charge >= 0.3 is 6.18 Å². The number of benzene rings is 1. The zero-order chi connectivity index (χ0) is 12.0. The minimum Gasteiger partial charge on any atom is -0.382 e. The van der Waals surface area contributed by atoms with Gasteiger partial charge in [-0.2, -0.15) is 13.2 Å². The second kappa shape index (κ2) is 3.43. The van der Waals surface area contributed by atoms with Crippen molar-refractivity contribution in [1.29, 1.82) is 0 Å². The number of rotatable bonds is 1. The summed E-state index contributed by atoms with van der Waals surface area (Å²) >= 11 is 0. The average Bonchev–Trinajstić information content (AvgIpc) is 2.12. The second-order valence-corrected chi connectivity index (χ2v) is 3.82. The molecule has 0 aromatic heterocycles. The molecule has 1 aromatic rings. The van der Waals surface area contributed by atoms with Crippen molar-refractivity contribution in [1.82, 2.24) is 5.32 Å². The van der Waals surface area contributed by atoms with Crippen molar-refractivity contribution in [3.05, 3.63) is 35.1 Å². The molecule has 0 bridgehead atoms. The van der Waals surface area contributed by atoms with E-state index in [-0.39, 0.29) is 13.1 Å². The zero-order valence-corrected chi connectivity index (χ0v) is 8.11. The van der Waals surface area contributed by atoms with Crippen LogP contribution in [0.4, 0.5) is 17.6 Å². The highest BCUT2D eigenvalue weighted by Gasteiger charge is 2.44. The molecule has 1 heterocycles. The summed E-state index contributed by atoms with van der Waals surface area (Å²) in [5, 5.41) is 12.5. The van der Waals surface area contributed by atoms with Crippen molar-refractivity contribution in [2.75, 3.05) is 13.1 Å². The molecule has 0 atom stereocenters. The van der Waals surface area contributed by atoms with Gasteiger partial charge in [0.05, 0.1) is 5.56 Å². The van der Waals surface area contributed by atoms with Crippen molar-refractivity contribution in [3.63, 3.8) is 0 Å². The monoisotopic (exact) mass is 235 g/mol. The van der Waals surface area contributed by atoms with Gasteiger partial charge in [0.2, 0.25) is 0 Å². The predicted molar refractivity (Wildman–Crippen MR) is 48.2 cm³/mol. The highest BCUT2D eigenvalue weighted by molar-refractivity contribution is 5.37. The standard InChI is InChI=1S/C10H9F4NO/c11-6-1-2-7(10(12,13)14)8(3-6)9(16)4-15-5-9/h1-3,15-16H,4-5H2. The van der Waals surface area contributed by atoms with Gasteiger partial charge in [-0.25, -0.2) is 4.39 Å². The van der Waals surface area contributed by atoms with Crippen molar-refractivity contribution in [3.8, 4) is 0 Å². The van der Waals surface area contributed by atoms with E-state index in [9.17, 15) is 22.7 Å². The van der Waals surface area contributed by atoms with Gasteiger partial charge in [0, 0.05) is 18.7 Å². The van der Waals surface area contributed by atoms with Crippen LogP contribution in [0.5, 0.6) is 0 Å². The van der Waals surface area contributed by atoms with E-state index in [0.717, 1.165) is 12.1 Å². The van der Waals surface area contributed by atoms with Gasteiger partial charge in [0.15, 0.2) is 0 Å². The van der Waals surface area contributed by atoms with Gasteiger partial charge in [0.1, 0.15) is 11.4 Å². The molecule has 16 heavy (non-hydrogen) atoms. The van der Waals surface area contributed by atoms with Gasteiger partial charge in [-0.05, 0) is 18.2 Å². The lowest BCUT2D eigenvalue weighted by atomic mass is 9.84. The molecule has 0 saturated carbocycles. The summed E-state index contributed by atoms with van der Waals surface area (Å²) in [6.45, 7) is -0.000926. The quantitative estimate of drug-likeness (QED) is 0.725. The fourth-order valence-electron chi connectivity index (χ4n) is 1.70. The maximum absolute atomic E-state index is 12.9. The number of hydrogen-bond acceptors (Lipinski definition) is 2. The summed E-state index contributed by atoms with van der Waals surface area (Å²) in [7, 11) is 0. The molecule has 0 aliphatic carbocycles. The van der Waals surface area contributed by atoms with Crippen molar-refractivity contribution in [2.45, 2.75) is 11.8 Å². The Morgan fingerprint density at radius 2 is 1.88 bits per heavy atom. The average molecular weight is 235 g/mol. The van der Waals surface area contributed by atoms with E-state index in [1.165, 1.54) is 0 Å². The van der Waals surface area contributed by atoms with Crippen LogP contribution in [0.25, 0.3) is 0 Å². The SMILES string of the molecule is OC1(c2cc(F)ccc2C(F)(F)F)CNC1. The van der Waals surface area contributed by atoms with E-state index < -0.39 is 28.7 Å². The molecule has 1 fully saturated rings. The number of β-amino-alcohol motifs (C(OH)–C–C–N with tert-alkyl or cyclic N) is 1. The third kappa shape index (κ3) is 1.78. The third-order valence-corrected chi connectivity index (χ3v) is 2.62. The first-order chi connectivity index (χ1) is 7.33. The molecule has 1 aromatic carbocycles. The lowest BCUT2D eigenvalue weighted by Crippen LogP contribution is -2.57. The molecule has 0 amide bonds. The summed E-state index contributed by atoms with van der Waals surface area (Å²) in [5.74, 6) is -0.789. The normalized spacial score (nSPS) is 19.3. The Morgan fingerprint density at radius 3 is 2.31 bits per heavy atom. The molecule has 0 unspecified atom stereocenters. The Hall–Kier alpha value is -1.14. The fourth-order valence-corrected chi connectivity index (χ4v) is 1.70. The smallest absolute Gasteiger partial charge is 0.382 e. The van der Waals surface area contributed by atoms with Crippen molar-refractivity contribution < 1.29 is 22.7 Å². The highest BCUT2D eigenvalue weighted by atomic mass is 19.4. The van der Waals surface area contributed by atoms with Crippen LogP contribution in [0.2, 0.25) is 0 Å². The van der Waals surface area contributed by atoms with Gasteiger partial charge in [-0.3, -0.25) is 0 Å². The molecule has 1 saturated heterocycles. The molecule has 0 spiro atoms. The van der Waals surface area contributed by atoms with Crippen LogP contribution in [-0.4, -0.2) is 18.2 Å². The van der Waals surface area contributed by atoms with Crippen LogP contribution in [0.1, 0.15) is 11.1 Å². The maximum Gasteiger partial charge on any atom is 0.416 e. The minimum atomic E-state index is -4.59. The van der Waals surface area contributed by atoms with E-state index in [2.05, 4.69) is 5.32 Å². The predicted octanol–water partition coefficient (Wildman–Crippen LogP) is 1.64. The Balaban J connectivity index is 2.53. The van der Waals surface area contributed by atoms with E-state index in [0.29, 0.717) is 6.07 Å². The first kappa shape index (κ1) is 11.3. The number of alkyl halides is 3. The van der Waals surface area contributed by atoms with Crippen LogP contribution in [0.15, 0.2) is 18.2 Å². The van der Waals surface area contributed by atoms with Crippen LogP contribution in [0, 0.1) is 5.82 Å². The van der Waals surface area contributed by atoms with E-state index in [1.54, 1.807) is 0 Å². The molecule has 2 rings (SSSR count). The minimum absolute atomic E-state index is 0.000463. The molecule has 2 nitrogen and oxygen atoms in total. The van der Waals surface area contributed by atoms with Gasteiger partial charge in [-0.15, -0.1) is 0 Å². The van der Waals surface area contributed by atoms with Crippen molar-refractivity contribution >= 4 is 0 Å². The number of hydrogen-bond donors (Lipinski definition) is 2. The largest absolute Gasteiger partial charge is 0.416 e. The van der Waals surface area contributed by atoms with E-state index in [4.69, 9.17) is 0 Å². The van der Waals surface area contributed by atoms with Gasteiger partial charge in [-0.1, -0.05) is 0 Å². The summed E-state index contributed by atoms with van der Waals surface area (Å²) in [4.78, 5) is 0. The number of aliphatic hydroxyl groups is 1. The summed E-state index contributed by atoms with van der Waals surface area (Å²) < 4.78 is 50.8. The summed E-state index contributed by atoms with van der Waals surface area (Å²) in [6.07, 6.45) is -4.59. The molecule has 2 N–H and O–H groups in total. The number of nitrogens with one attached hydrogen (secondary N) is 1. The topological polar surface area (TPSA) is 32.3 Å². The van der Waals surface area contributed by atoms with Gasteiger partial charge < -0.3 is 10.4 Å². The third-order valence-electron chi connectivity index (χ3n) is 2.62. The lowest BCUT2D eigenvalue weighted by molar-refractivity contribution is -0.142. The van der Waals surface area contributed by atoms with Crippen LogP contribution >= 0.6 is 0 Å². The molecule has 88 valence electrons. The molecule has 1 aliphatic rings. The highest BCUT2D eigenvalue weighted by Crippen LogP contribution is 2.38. The molecular weight excluding hydrogens is 226 g/mol. The second-order valence-electron chi connectivity index (χ2n) is 3.82. The first-order valence-electron chi connectivity index (χ1n) is 4.63. The number of halogens is 4. The zero-order valence-electron chi connectivity index (χ0n) is 8.11. The Morgan fingerprint density at radius 1 is 1.25 bits per heavy atom. The molecule has 6 heteroatoms.